The summed E-state index contributed by atoms with van der Waals surface area (Å²) in [6.07, 6.45) is 7.48. The number of hydrogen-bond donors (Lipinski definition) is 1. The summed E-state index contributed by atoms with van der Waals surface area (Å²) < 4.78 is 7.57. The number of carbonyl (C=O) groups excluding carboxylic acids is 3. The summed E-state index contributed by atoms with van der Waals surface area (Å²) >= 11 is 0. The van der Waals surface area contributed by atoms with E-state index in [2.05, 4.69) is 24.3 Å². The van der Waals surface area contributed by atoms with Crippen LogP contribution in [0.15, 0.2) is 42.7 Å². The van der Waals surface area contributed by atoms with Crippen LogP contribution in [-0.2, 0) is 20.9 Å². The van der Waals surface area contributed by atoms with Gasteiger partial charge in [-0.25, -0.2) is 0 Å². The molecule has 0 bridgehead atoms. The van der Waals surface area contributed by atoms with E-state index in [4.69, 9.17) is 4.74 Å². The molecule has 2 aromatic rings. The molecule has 3 atom stereocenters. The van der Waals surface area contributed by atoms with Crippen LogP contribution < -0.4 is 5.32 Å². The minimum atomic E-state index is -0.415. The monoisotopic (exact) mass is 533 g/mol. The van der Waals surface area contributed by atoms with Crippen molar-refractivity contribution in [3.8, 4) is 0 Å². The lowest BCUT2D eigenvalue weighted by atomic mass is 9.71. The molecule has 4 fully saturated rings. The highest BCUT2D eigenvalue weighted by Gasteiger charge is 2.61. The Bertz CT molecular complexity index is 1230. The van der Waals surface area contributed by atoms with Crippen LogP contribution in [0, 0.1) is 22.7 Å². The third-order valence-electron chi connectivity index (χ3n) is 9.23. The van der Waals surface area contributed by atoms with Crippen LogP contribution in [0.5, 0.6) is 0 Å². The molecule has 1 unspecified atom stereocenters. The Morgan fingerprint density at radius 1 is 1.05 bits per heavy atom. The number of rotatable bonds is 7. The third-order valence-corrected chi connectivity index (χ3v) is 9.23. The zero-order chi connectivity index (χ0) is 27.2. The Kier molecular flexibility index (Phi) is 6.73. The summed E-state index contributed by atoms with van der Waals surface area (Å²) in [5.41, 5.74) is 1.28. The predicted molar refractivity (Wildman–Crippen MR) is 145 cm³/mol. The van der Waals surface area contributed by atoms with Gasteiger partial charge in [-0.15, -0.1) is 0 Å². The highest BCUT2D eigenvalue weighted by Crippen LogP contribution is 2.54. The molecule has 1 aromatic carbocycles. The normalized spacial score (nSPS) is 26.8. The number of nitrogens with zero attached hydrogens (tertiary/aromatic N) is 4. The highest BCUT2D eigenvalue weighted by molar-refractivity contribution is 5.95. The second-order valence-electron chi connectivity index (χ2n) is 12.7. The van der Waals surface area contributed by atoms with Gasteiger partial charge in [-0.3, -0.25) is 19.1 Å². The van der Waals surface area contributed by atoms with Crippen LogP contribution in [0.1, 0.15) is 55.5 Å². The number of benzene rings is 1. The molecule has 1 aliphatic carbocycles. The zero-order valence-corrected chi connectivity index (χ0v) is 23.0. The summed E-state index contributed by atoms with van der Waals surface area (Å²) in [7, 11) is 0. The van der Waals surface area contributed by atoms with Crippen molar-refractivity contribution in [2.45, 2.75) is 52.2 Å². The molecule has 39 heavy (non-hydrogen) atoms. The molecule has 3 amide bonds. The predicted octanol–water partition coefficient (Wildman–Crippen LogP) is 2.56. The Labute approximate surface area is 229 Å². The van der Waals surface area contributed by atoms with E-state index in [1.807, 2.05) is 35.2 Å². The largest absolute Gasteiger partial charge is 0.376 e. The van der Waals surface area contributed by atoms with Crippen molar-refractivity contribution in [3.63, 3.8) is 0 Å². The summed E-state index contributed by atoms with van der Waals surface area (Å²) in [4.78, 5) is 43.8. The first-order chi connectivity index (χ1) is 18.7. The van der Waals surface area contributed by atoms with Gasteiger partial charge in [-0.05, 0) is 36.7 Å². The van der Waals surface area contributed by atoms with Crippen molar-refractivity contribution in [2.75, 3.05) is 39.3 Å². The second kappa shape index (κ2) is 10.1. The molecule has 3 saturated heterocycles. The van der Waals surface area contributed by atoms with Gasteiger partial charge in [0.2, 0.25) is 11.8 Å². The Morgan fingerprint density at radius 2 is 1.79 bits per heavy atom. The number of amides is 3. The summed E-state index contributed by atoms with van der Waals surface area (Å²) in [5.74, 6) is -0.265. The Balaban J connectivity index is 1.14. The molecular weight excluding hydrogens is 494 g/mol. The van der Waals surface area contributed by atoms with Crippen LogP contribution in [0.25, 0.3) is 0 Å². The van der Waals surface area contributed by atoms with Crippen molar-refractivity contribution >= 4 is 17.7 Å². The summed E-state index contributed by atoms with van der Waals surface area (Å²) in [6.45, 7) is 7.92. The van der Waals surface area contributed by atoms with Gasteiger partial charge in [0.25, 0.3) is 5.91 Å². The number of ether oxygens (including phenoxy) is 1. The molecule has 1 spiro atoms. The topological polar surface area (TPSA) is 96.8 Å². The van der Waals surface area contributed by atoms with Crippen LogP contribution in [0.3, 0.4) is 0 Å². The molecule has 3 aliphatic heterocycles. The van der Waals surface area contributed by atoms with Crippen molar-refractivity contribution in [1.29, 1.82) is 0 Å². The lowest BCUT2D eigenvalue weighted by Gasteiger charge is -2.50. The third kappa shape index (κ3) is 5.21. The van der Waals surface area contributed by atoms with E-state index in [9.17, 15) is 14.4 Å². The van der Waals surface area contributed by atoms with Crippen molar-refractivity contribution < 1.29 is 19.1 Å². The standard InChI is InChI=1S/C30H39N5O4/c1-29(2)12-24(29)28(38)34-19-30(20-34)18-33(17-25(30)26(36)31-14-23-10-6-7-11-39-23)27(37)22-13-32-35(16-22)15-21-8-4-3-5-9-21/h3-5,8-9,13,16,23-25H,6-7,10-12,14-15,17-20H2,1-2H3,(H,31,36)/t23?,24-,25+/m1/s1. The lowest BCUT2D eigenvalue weighted by molar-refractivity contribution is -0.151. The maximum absolute atomic E-state index is 13.6. The van der Waals surface area contributed by atoms with E-state index < -0.39 is 5.41 Å². The van der Waals surface area contributed by atoms with Gasteiger partial charge in [0.1, 0.15) is 0 Å². The molecule has 6 rings (SSSR count). The van der Waals surface area contributed by atoms with Gasteiger partial charge in [0.05, 0.1) is 30.3 Å². The number of carbonyl (C=O) groups is 3. The molecule has 208 valence electrons. The summed E-state index contributed by atoms with van der Waals surface area (Å²) in [5, 5.41) is 7.53. The maximum Gasteiger partial charge on any atom is 0.257 e. The fourth-order valence-corrected chi connectivity index (χ4v) is 6.60. The molecule has 1 saturated carbocycles. The average Bonchev–Trinajstić information content (AvgIpc) is 3.25. The first-order valence-corrected chi connectivity index (χ1v) is 14.3. The Morgan fingerprint density at radius 3 is 2.49 bits per heavy atom. The van der Waals surface area contributed by atoms with E-state index in [1.165, 1.54) is 0 Å². The molecule has 9 nitrogen and oxygen atoms in total. The van der Waals surface area contributed by atoms with Gasteiger partial charge in [-0.2, -0.15) is 5.10 Å². The van der Waals surface area contributed by atoms with Crippen LogP contribution in [-0.4, -0.2) is 82.7 Å². The van der Waals surface area contributed by atoms with Crippen molar-refractivity contribution in [2.24, 2.45) is 22.7 Å². The molecule has 1 aromatic heterocycles. The number of nitrogens with one attached hydrogen (secondary N) is 1. The summed E-state index contributed by atoms with van der Waals surface area (Å²) in [6, 6.07) is 10.00. The lowest BCUT2D eigenvalue weighted by Crippen LogP contribution is -2.64. The van der Waals surface area contributed by atoms with Crippen LogP contribution >= 0.6 is 0 Å². The molecule has 9 heteroatoms. The van der Waals surface area contributed by atoms with Gasteiger partial charge in [0, 0.05) is 56.9 Å². The van der Waals surface area contributed by atoms with Gasteiger partial charge in [-0.1, -0.05) is 44.2 Å². The van der Waals surface area contributed by atoms with Gasteiger partial charge < -0.3 is 19.9 Å². The molecular formula is C30H39N5O4. The second-order valence-corrected chi connectivity index (χ2v) is 12.7. The fraction of sp³-hybridized carbons (Fsp3) is 0.600. The van der Waals surface area contributed by atoms with E-state index in [1.54, 1.807) is 22.0 Å². The average molecular weight is 534 g/mol. The van der Waals surface area contributed by atoms with Gasteiger partial charge >= 0.3 is 0 Å². The van der Waals surface area contributed by atoms with Crippen LogP contribution in [0.4, 0.5) is 0 Å². The van der Waals surface area contributed by atoms with Gasteiger partial charge in [0.15, 0.2) is 0 Å². The van der Waals surface area contributed by atoms with E-state index in [0.717, 1.165) is 37.9 Å². The van der Waals surface area contributed by atoms with Crippen LogP contribution in [0.2, 0.25) is 0 Å². The van der Waals surface area contributed by atoms with Crippen molar-refractivity contribution in [1.82, 2.24) is 24.9 Å². The molecule has 0 radical (unpaired) electrons. The number of aromatic nitrogens is 2. The molecule has 4 heterocycles. The molecule has 1 N–H and O–H groups in total. The zero-order valence-electron chi connectivity index (χ0n) is 23.0. The smallest absolute Gasteiger partial charge is 0.257 e. The first kappa shape index (κ1) is 26.0. The van der Waals surface area contributed by atoms with E-state index in [0.29, 0.717) is 44.8 Å². The van der Waals surface area contributed by atoms with E-state index >= 15 is 0 Å². The number of likely N-dealkylation sites (tertiary alicyclic amines) is 2. The van der Waals surface area contributed by atoms with E-state index in [-0.39, 0.29) is 41.1 Å². The first-order valence-electron chi connectivity index (χ1n) is 14.3. The minimum Gasteiger partial charge on any atom is -0.376 e. The molecule has 4 aliphatic rings. The van der Waals surface area contributed by atoms with Crippen molar-refractivity contribution in [3.05, 3.63) is 53.9 Å². The minimum absolute atomic E-state index is 0.0434. The SMILES string of the molecule is CC1(C)C[C@@H]1C(=O)N1CC2(CN(C(=O)c3cnn(Cc4ccccc4)c3)C[C@H]2C(=O)NCC2CCCCO2)C1. The Hall–Kier alpha value is -3.20. The quantitative estimate of drug-likeness (QED) is 0.590. The number of hydrogen-bond acceptors (Lipinski definition) is 5. The fourth-order valence-electron chi connectivity index (χ4n) is 6.60. The maximum atomic E-state index is 13.6. The highest BCUT2D eigenvalue weighted by atomic mass is 16.5.